The first kappa shape index (κ1) is 24.5. The van der Waals surface area contributed by atoms with E-state index in [1.807, 2.05) is 30.3 Å². The number of hydrogen-bond donors (Lipinski definition) is 2. The third-order valence-corrected chi connectivity index (χ3v) is 6.37. The maximum Gasteiger partial charge on any atom is 0.408 e. The highest BCUT2D eigenvalue weighted by molar-refractivity contribution is 7.05. The quantitative estimate of drug-likeness (QED) is 0.592. The van der Waals surface area contributed by atoms with Crippen LogP contribution in [-0.2, 0) is 38.6 Å². The Kier molecular flexibility index (Phi) is 8.65. The second-order valence-corrected chi connectivity index (χ2v) is 9.19. The molecule has 2 N–H and O–H groups in total. The number of fused-ring (bicyclic) bond motifs is 1. The van der Waals surface area contributed by atoms with Crippen molar-refractivity contribution >= 4 is 35.1 Å². The van der Waals surface area contributed by atoms with Gasteiger partial charge in [0.15, 0.2) is 5.78 Å². The molecule has 0 radical (unpaired) electrons. The fourth-order valence-corrected chi connectivity index (χ4v) is 4.38. The number of alkyl carbamates (subject to hydrolysis) is 1. The molecule has 1 aromatic heterocycles. The number of Topliss-reactive ketones (excluding diaryl/α,β-unsaturated/α-hetero) is 2. The molecule has 1 aliphatic heterocycles. The summed E-state index contributed by atoms with van der Waals surface area (Å²) in [6.45, 7) is 3.97. The maximum absolute atomic E-state index is 13.1. The number of ketones is 2. The Balaban J connectivity index is 1.64. The number of nitrogens with one attached hydrogen (secondary N) is 2. The third-order valence-electron chi connectivity index (χ3n) is 5.54. The van der Waals surface area contributed by atoms with Crippen LogP contribution >= 0.6 is 11.5 Å². The molecule has 3 rings (SSSR count). The monoisotopic (exact) mass is 472 g/mol. The van der Waals surface area contributed by atoms with Crippen molar-refractivity contribution in [1.29, 1.82) is 0 Å². The van der Waals surface area contributed by atoms with Gasteiger partial charge in [-0.2, -0.15) is 0 Å². The molecule has 9 nitrogen and oxygen atoms in total. The second kappa shape index (κ2) is 11.6. The van der Waals surface area contributed by atoms with Crippen molar-refractivity contribution in [1.82, 2.24) is 20.2 Å². The van der Waals surface area contributed by atoms with Gasteiger partial charge in [-0.05, 0) is 35.9 Å². The van der Waals surface area contributed by atoms with Crippen LogP contribution in [0.4, 0.5) is 4.79 Å². The molecule has 2 heterocycles. The summed E-state index contributed by atoms with van der Waals surface area (Å²) in [5.74, 6) is -2.63. The van der Waals surface area contributed by atoms with Crippen molar-refractivity contribution in [2.45, 2.75) is 52.2 Å². The van der Waals surface area contributed by atoms with Gasteiger partial charge in [-0.15, -0.1) is 5.10 Å². The van der Waals surface area contributed by atoms with E-state index < -0.39 is 29.7 Å². The lowest BCUT2D eigenvalue weighted by Gasteiger charge is -2.23. The lowest BCUT2D eigenvalue weighted by atomic mass is 9.87. The first-order valence-corrected chi connectivity index (χ1v) is 11.7. The third kappa shape index (κ3) is 6.92. The molecule has 2 unspecified atom stereocenters. The maximum atomic E-state index is 13.1. The topological polar surface area (TPSA) is 127 Å². The van der Waals surface area contributed by atoms with Crippen molar-refractivity contribution in [3.05, 3.63) is 46.5 Å². The van der Waals surface area contributed by atoms with Crippen LogP contribution in [0.5, 0.6) is 0 Å². The minimum atomic E-state index is -0.833. The number of carbonyl (C=O) groups is 4. The predicted molar refractivity (Wildman–Crippen MR) is 121 cm³/mol. The molecular formula is C23H28N4O5S. The van der Waals surface area contributed by atoms with Gasteiger partial charge < -0.3 is 15.4 Å². The van der Waals surface area contributed by atoms with Crippen LogP contribution in [0, 0.1) is 11.8 Å². The smallest absolute Gasteiger partial charge is 0.408 e. The Hall–Kier alpha value is -3.14. The number of amides is 2. The molecule has 0 fully saturated rings. The summed E-state index contributed by atoms with van der Waals surface area (Å²) >= 11 is 1.27. The minimum absolute atomic E-state index is 0.0815. The molecule has 0 saturated carbocycles. The standard InChI is InChI=1S/C23H28N4O5S/c1-14(2)20(25-23(31)32-13-15-6-4-3-5-7-15)18(28)12-16-8-9-19-17(26-27-33-19)10-11-24-22(30)21(16)29/h3-7,14,16,20H,8-13H2,1-2H3,(H,24,30)(H,25,31). The number of benzene rings is 1. The van der Waals surface area contributed by atoms with Gasteiger partial charge in [0.2, 0.25) is 5.78 Å². The fraction of sp³-hybridized carbons (Fsp3) is 0.478. The highest BCUT2D eigenvalue weighted by Gasteiger charge is 2.33. The van der Waals surface area contributed by atoms with E-state index >= 15 is 0 Å². The molecule has 33 heavy (non-hydrogen) atoms. The van der Waals surface area contributed by atoms with E-state index in [2.05, 4.69) is 20.2 Å². The normalized spacial score (nSPS) is 17.6. The number of aryl methyl sites for hydroxylation is 1. The van der Waals surface area contributed by atoms with Crippen molar-refractivity contribution in [2.75, 3.05) is 6.54 Å². The SMILES string of the molecule is CC(C)C(NC(=O)OCc1ccccc1)C(=O)CC1CCc2snnc2CCNC(=O)C1=O. The van der Waals surface area contributed by atoms with Crippen LogP contribution in [-0.4, -0.2) is 45.7 Å². The lowest BCUT2D eigenvalue weighted by molar-refractivity contribution is -0.141. The van der Waals surface area contributed by atoms with Gasteiger partial charge in [0.25, 0.3) is 5.91 Å². The highest BCUT2D eigenvalue weighted by Crippen LogP contribution is 2.22. The van der Waals surface area contributed by atoms with Crippen LogP contribution in [0.1, 0.15) is 42.8 Å². The molecule has 0 spiro atoms. The Labute approximate surface area is 196 Å². The van der Waals surface area contributed by atoms with Crippen molar-refractivity contribution in [3.63, 3.8) is 0 Å². The average Bonchev–Trinajstić information content (AvgIpc) is 3.25. The Bertz CT molecular complexity index is 992. The van der Waals surface area contributed by atoms with E-state index in [-0.39, 0.29) is 31.3 Å². The van der Waals surface area contributed by atoms with Gasteiger partial charge in [0.1, 0.15) is 6.61 Å². The molecule has 1 aliphatic rings. The first-order chi connectivity index (χ1) is 15.8. The van der Waals surface area contributed by atoms with E-state index in [0.717, 1.165) is 16.1 Å². The molecule has 0 aliphatic carbocycles. The molecule has 176 valence electrons. The Morgan fingerprint density at radius 1 is 1.21 bits per heavy atom. The van der Waals surface area contributed by atoms with Gasteiger partial charge >= 0.3 is 6.09 Å². The Morgan fingerprint density at radius 2 is 1.97 bits per heavy atom. The summed E-state index contributed by atoms with van der Waals surface area (Å²) in [5.41, 5.74) is 1.64. The number of aromatic nitrogens is 2. The number of rotatable bonds is 7. The van der Waals surface area contributed by atoms with Gasteiger partial charge in [0.05, 0.1) is 11.7 Å². The lowest BCUT2D eigenvalue weighted by Crippen LogP contribution is -2.46. The van der Waals surface area contributed by atoms with Crippen LogP contribution in [0.25, 0.3) is 0 Å². The largest absolute Gasteiger partial charge is 0.445 e. The van der Waals surface area contributed by atoms with Crippen LogP contribution in [0.15, 0.2) is 30.3 Å². The van der Waals surface area contributed by atoms with Gasteiger partial charge in [-0.3, -0.25) is 14.4 Å². The van der Waals surface area contributed by atoms with E-state index in [0.29, 0.717) is 19.3 Å². The number of hydrogen-bond acceptors (Lipinski definition) is 8. The van der Waals surface area contributed by atoms with Crippen molar-refractivity contribution in [2.24, 2.45) is 11.8 Å². The zero-order chi connectivity index (χ0) is 23.8. The summed E-state index contributed by atoms with van der Waals surface area (Å²) in [6, 6.07) is 8.38. The second-order valence-electron chi connectivity index (χ2n) is 8.35. The molecule has 0 bridgehead atoms. The van der Waals surface area contributed by atoms with E-state index in [4.69, 9.17) is 4.74 Å². The number of ether oxygens (including phenoxy) is 1. The fourth-order valence-electron chi connectivity index (χ4n) is 3.69. The van der Waals surface area contributed by atoms with Gasteiger partial charge in [0, 0.05) is 30.2 Å². The highest BCUT2D eigenvalue weighted by atomic mass is 32.1. The molecule has 10 heteroatoms. The van der Waals surface area contributed by atoms with E-state index in [9.17, 15) is 19.2 Å². The summed E-state index contributed by atoms with van der Waals surface area (Å²) in [4.78, 5) is 51.4. The van der Waals surface area contributed by atoms with Crippen LogP contribution < -0.4 is 10.6 Å². The summed E-state index contributed by atoms with van der Waals surface area (Å²) in [6.07, 6.45) is 0.511. The minimum Gasteiger partial charge on any atom is -0.445 e. The molecular weight excluding hydrogens is 444 g/mol. The van der Waals surface area contributed by atoms with Crippen LogP contribution in [0.2, 0.25) is 0 Å². The summed E-state index contributed by atoms with van der Waals surface area (Å²) in [5, 5.41) is 9.31. The number of nitrogens with zero attached hydrogens (tertiary/aromatic N) is 2. The number of carbonyl (C=O) groups excluding carboxylic acids is 4. The van der Waals surface area contributed by atoms with Crippen molar-refractivity contribution in [3.8, 4) is 0 Å². The van der Waals surface area contributed by atoms with Gasteiger partial charge in [-0.1, -0.05) is 48.7 Å². The Morgan fingerprint density at radius 3 is 2.70 bits per heavy atom. The molecule has 2 amide bonds. The van der Waals surface area contributed by atoms with E-state index in [1.165, 1.54) is 11.5 Å². The van der Waals surface area contributed by atoms with Gasteiger partial charge in [-0.25, -0.2) is 4.79 Å². The predicted octanol–water partition coefficient (Wildman–Crippen LogP) is 2.24. The average molecular weight is 473 g/mol. The molecule has 1 aromatic carbocycles. The molecule has 2 atom stereocenters. The molecule has 0 saturated heterocycles. The van der Waals surface area contributed by atoms with E-state index in [1.54, 1.807) is 13.8 Å². The van der Waals surface area contributed by atoms with Crippen LogP contribution in [0.3, 0.4) is 0 Å². The summed E-state index contributed by atoms with van der Waals surface area (Å²) in [7, 11) is 0. The first-order valence-electron chi connectivity index (χ1n) is 11.0. The zero-order valence-electron chi connectivity index (χ0n) is 18.7. The summed E-state index contributed by atoms with van der Waals surface area (Å²) < 4.78 is 9.20. The zero-order valence-corrected chi connectivity index (χ0v) is 19.5. The molecule has 2 aromatic rings. The van der Waals surface area contributed by atoms with Crippen molar-refractivity contribution < 1.29 is 23.9 Å².